The summed E-state index contributed by atoms with van der Waals surface area (Å²) in [6.45, 7) is 7.39. The van der Waals surface area contributed by atoms with Crippen LogP contribution in [0.5, 0.6) is 0 Å². The summed E-state index contributed by atoms with van der Waals surface area (Å²) in [7, 11) is -2.23. The van der Waals surface area contributed by atoms with Crippen LogP contribution in [0.25, 0.3) is 0 Å². The van der Waals surface area contributed by atoms with E-state index in [9.17, 15) is 9.00 Å². The largest absolute Gasteiger partial charge is 0.372 e. The molecule has 0 atom stereocenters. The smallest absolute Gasteiger partial charge is 0.234 e. The second-order valence-corrected chi connectivity index (χ2v) is 10.6. The number of ether oxygens (including phenoxy) is 1. The van der Waals surface area contributed by atoms with Crippen molar-refractivity contribution in [3.8, 4) is 0 Å². The monoisotopic (exact) mass is 393 g/mol. The third kappa shape index (κ3) is 5.77. The number of benzene rings is 1. The molecule has 7 heteroatoms. The van der Waals surface area contributed by atoms with Gasteiger partial charge in [-0.15, -0.1) is 0 Å². The van der Waals surface area contributed by atoms with Crippen molar-refractivity contribution < 1.29 is 13.7 Å². The van der Waals surface area contributed by atoms with Crippen LogP contribution in [-0.2, 0) is 19.3 Å². The van der Waals surface area contributed by atoms with Crippen molar-refractivity contribution in [3.05, 3.63) is 30.3 Å². The lowest BCUT2D eigenvalue weighted by molar-refractivity contribution is -0.132. The van der Waals surface area contributed by atoms with Crippen molar-refractivity contribution in [2.24, 2.45) is 10.3 Å². The predicted octanol–water partition coefficient (Wildman–Crippen LogP) is 2.42. The topological polar surface area (TPSA) is 71.0 Å². The van der Waals surface area contributed by atoms with Crippen molar-refractivity contribution in [3.63, 3.8) is 0 Å². The molecule has 2 aliphatic heterocycles. The number of hydrogen-bond donors (Lipinski definition) is 1. The molecule has 2 heterocycles. The van der Waals surface area contributed by atoms with Gasteiger partial charge in [-0.3, -0.25) is 9.69 Å². The van der Waals surface area contributed by atoms with E-state index in [1.54, 1.807) is 0 Å². The molecule has 0 radical (unpaired) electrons. The molecule has 2 aliphatic rings. The zero-order valence-electron chi connectivity index (χ0n) is 16.4. The third-order valence-electron chi connectivity index (χ3n) is 5.18. The molecule has 2 saturated heterocycles. The Labute approximate surface area is 162 Å². The Hall–Kier alpha value is -1.44. The first-order valence-corrected chi connectivity index (χ1v) is 11.6. The average molecular weight is 394 g/mol. The maximum absolute atomic E-state index is 13.1. The van der Waals surface area contributed by atoms with Gasteiger partial charge in [0, 0.05) is 31.1 Å². The highest BCUT2D eigenvalue weighted by Crippen LogP contribution is 2.33. The summed E-state index contributed by atoms with van der Waals surface area (Å²) in [5.74, 6) is 1.62. The molecule has 1 N–H and O–H groups in total. The summed E-state index contributed by atoms with van der Waals surface area (Å²) < 4.78 is 23.8. The normalized spacial score (nSPS) is 29.0. The molecule has 6 nitrogen and oxygen atoms in total. The predicted molar refractivity (Wildman–Crippen MR) is 109 cm³/mol. The number of nitrogens with one attached hydrogen (secondary N) is 1. The molecule has 0 aliphatic carbocycles. The SMILES string of the molecule is CC(C)CNC(=O)CN1CCOC2(CCS(=O)(=Nc3ccccc3)CC2)C1. The van der Waals surface area contributed by atoms with Gasteiger partial charge in [-0.1, -0.05) is 32.0 Å². The van der Waals surface area contributed by atoms with Gasteiger partial charge in [0.15, 0.2) is 0 Å². The number of nitrogens with zero attached hydrogens (tertiary/aromatic N) is 2. The number of rotatable bonds is 5. The molecular formula is C20H31N3O3S. The van der Waals surface area contributed by atoms with Gasteiger partial charge in [-0.25, -0.2) is 4.21 Å². The van der Waals surface area contributed by atoms with E-state index in [0.29, 0.717) is 37.1 Å². The van der Waals surface area contributed by atoms with Crippen LogP contribution in [0.2, 0.25) is 0 Å². The second-order valence-electron chi connectivity index (χ2n) is 8.05. The van der Waals surface area contributed by atoms with E-state index in [1.165, 1.54) is 0 Å². The van der Waals surface area contributed by atoms with Crippen molar-refractivity contribution >= 4 is 21.3 Å². The maximum Gasteiger partial charge on any atom is 0.234 e. The van der Waals surface area contributed by atoms with Gasteiger partial charge in [0.1, 0.15) is 0 Å². The van der Waals surface area contributed by atoms with Gasteiger partial charge in [0.25, 0.3) is 0 Å². The van der Waals surface area contributed by atoms with Gasteiger partial charge in [0.2, 0.25) is 5.91 Å². The van der Waals surface area contributed by atoms with Gasteiger partial charge in [0.05, 0.1) is 34.2 Å². The Kier molecular flexibility index (Phi) is 6.55. The summed E-state index contributed by atoms with van der Waals surface area (Å²) in [5, 5.41) is 2.98. The molecule has 0 aromatic heterocycles. The van der Waals surface area contributed by atoms with Crippen LogP contribution in [-0.4, -0.2) is 64.9 Å². The Morgan fingerprint density at radius 2 is 2.00 bits per heavy atom. The Morgan fingerprint density at radius 3 is 2.67 bits per heavy atom. The van der Waals surface area contributed by atoms with Crippen molar-refractivity contribution in [1.82, 2.24) is 10.2 Å². The van der Waals surface area contributed by atoms with Crippen LogP contribution >= 0.6 is 0 Å². The van der Waals surface area contributed by atoms with Crippen LogP contribution in [0.1, 0.15) is 26.7 Å². The van der Waals surface area contributed by atoms with Crippen LogP contribution < -0.4 is 5.32 Å². The van der Waals surface area contributed by atoms with E-state index in [1.807, 2.05) is 30.3 Å². The highest BCUT2D eigenvalue weighted by Gasteiger charge is 2.41. The summed E-state index contributed by atoms with van der Waals surface area (Å²) in [6.07, 6.45) is 1.46. The highest BCUT2D eigenvalue weighted by atomic mass is 32.2. The van der Waals surface area contributed by atoms with E-state index in [-0.39, 0.29) is 11.5 Å². The van der Waals surface area contributed by atoms with E-state index in [2.05, 4.69) is 28.4 Å². The number of morpholine rings is 1. The first-order valence-electron chi connectivity index (χ1n) is 9.79. The summed E-state index contributed by atoms with van der Waals surface area (Å²) in [4.78, 5) is 14.3. The second kappa shape index (κ2) is 8.71. The molecule has 3 rings (SSSR count). The van der Waals surface area contributed by atoms with E-state index in [4.69, 9.17) is 4.74 Å². The molecule has 1 spiro atoms. The Bertz CT molecular complexity index is 743. The molecular weight excluding hydrogens is 362 g/mol. The fourth-order valence-electron chi connectivity index (χ4n) is 3.63. The zero-order chi connectivity index (χ0) is 19.3. The fraction of sp³-hybridized carbons (Fsp3) is 0.650. The molecule has 0 bridgehead atoms. The van der Waals surface area contributed by atoms with Crippen LogP contribution in [0.3, 0.4) is 0 Å². The van der Waals surface area contributed by atoms with Crippen molar-refractivity contribution in [2.45, 2.75) is 32.3 Å². The fourth-order valence-corrected chi connectivity index (χ4v) is 5.90. The molecule has 1 amide bonds. The summed E-state index contributed by atoms with van der Waals surface area (Å²) >= 11 is 0. The van der Waals surface area contributed by atoms with Crippen LogP contribution in [0, 0.1) is 5.92 Å². The quantitative estimate of drug-likeness (QED) is 0.834. The first kappa shape index (κ1) is 20.3. The first-order chi connectivity index (χ1) is 12.9. The van der Waals surface area contributed by atoms with Crippen LogP contribution in [0.4, 0.5) is 5.69 Å². The lowest BCUT2D eigenvalue weighted by atomic mass is 9.94. The average Bonchev–Trinajstić information content (AvgIpc) is 2.64. The number of hydrogen-bond acceptors (Lipinski definition) is 5. The third-order valence-corrected chi connectivity index (χ3v) is 7.41. The number of carbonyl (C=O) groups excluding carboxylic acids is 1. The van der Waals surface area contributed by atoms with Gasteiger partial charge in [-0.05, 0) is 30.9 Å². The number of amides is 1. The minimum Gasteiger partial charge on any atom is -0.372 e. The zero-order valence-corrected chi connectivity index (χ0v) is 17.2. The molecule has 150 valence electrons. The van der Waals surface area contributed by atoms with Gasteiger partial charge < -0.3 is 10.1 Å². The molecule has 1 aromatic carbocycles. The lowest BCUT2D eigenvalue weighted by Gasteiger charge is -2.45. The summed E-state index contributed by atoms with van der Waals surface area (Å²) in [6, 6.07) is 9.55. The van der Waals surface area contributed by atoms with Gasteiger partial charge >= 0.3 is 0 Å². The maximum atomic E-state index is 13.1. The minimum absolute atomic E-state index is 0.0689. The molecule has 0 saturated carbocycles. The molecule has 27 heavy (non-hydrogen) atoms. The molecule has 0 unspecified atom stereocenters. The lowest BCUT2D eigenvalue weighted by Crippen LogP contribution is -2.56. The highest BCUT2D eigenvalue weighted by molar-refractivity contribution is 7.93. The van der Waals surface area contributed by atoms with Crippen LogP contribution in [0.15, 0.2) is 34.7 Å². The van der Waals surface area contributed by atoms with Crippen molar-refractivity contribution in [2.75, 3.05) is 44.3 Å². The summed E-state index contributed by atoms with van der Waals surface area (Å²) in [5.41, 5.74) is 0.496. The standard InChI is InChI=1S/C20H31N3O3S/c1-17(2)14-21-19(24)15-23-10-11-26-20(16-23)8-12-27(25,13-9-20)22-18-6-4-3-5-7-18/h3-7,17H,8-16H2,1-2H3,(H,21,24). The van der Waals surface area contributed by atoms with E-state index < -0.39 is 9.73 Å². The molecule has 2 fully saturated rings. The van der Waals surface area contributed by atoms with E-state index in [0.717, 1.165) is 31.6 Å². The number of carbonyl (C=O) groups is 1. The van der Waals surface area contributed by atoms with E-state index >= 15 is 0 Å². The Morgan fingerprint density at radius 1 is 1.30 bits per heavy atom. The van der Waals surface area contributed by atoms with Gasteiger partial charge in [-0.2, -0.15) is 4.36 Å². The Balaban J connectivity index is 1.58. The molecule has 1 aromatic rings. The van der Waals surface area contributed by atoms with Crippen molar-refractivity contribution in [1.29, 1.82) is 0 Å². The minimum atomic E-state index is -2.23.